The predicted octanol–water partition coefficient (Wildman–Crippen LogP) is 6.02. The van der Waals surface area contributed by atoms with E-state index in [-0.39, 0.29) is 18.2 Å². The van der Waals surface area contributed by atoms with Crippen molar-refractivity contribution < 1.29 is 14.3 Å². The Bertz CT molecular complexity index is 1190. The largest absolute Gasteiger partial charge is 0.506 e. The third-order valence-corrected chi connectivity index (χ3v) is 6.34. The molecule has 6 nitrogen and oxygen atoms in total. The molecule has 1 aliphatic rings. The van der Waals surface area contributed by atoms with Crippen molar-refractivity contribution in [1.29, 1.82) is 0 Å². The highest BCUT2D eigenvalue weighted by Crippen LogP contribution is 2.34. The lowest BCUT2D eigenvalue weighted by Gasteiger charge is -2.12. The number of nitrogens with zero attached hydrogens (tertiary/aromatic N) is 3. The standard InChI is InChI=1S/C22H15Br2N3O3S/c23-16-10-15(20(28)18(24)11-16)12-25-26-22-27(13-17-7-4-8-30-17)21(29)19(31-22)9-14-5-2-1-3-6-14/h1-12,28H,13H2/b19-9-,25-12+,26-22-. The molecule has 1 aliphatic heterocycles. The normalized spacial score (nSPS) is 16.8. The van der Waals surface area contributed by atoms with Crippen molar-refractivity contribution in [2.24, 2.45) is 10.2 Å². The Balaban J connectivity index is 1.64. The fourth-order valence-electron chi connectivity index (χ4n) is 2.81. The molecule has 1 saturated heterocycles. The average Bonchev–Trinajstić information content (AvgIpc) is 3.36. The maximum Gasteiger partial charge on any atom is 0.267 e. The van der Waals surface area contributed by atoms with Crippen molar-refractivity contribution in [2.45, 2.75) is 6.54 Å². The van der Waals surface area contributed by atoms with Gasteiger partial charge < -0.3 is 9.52 Å². The van der Waals surface area contributed by atoms with Crippen LogP contribution in [0.3, 0.4) is 0 Å². The van der Waals surface area contributed by atoms with Crippen LogP contribution in [0.15, 0.2) is 89.3 Å². The van der Waals surface area contributed by atoms with E-state index in [4.69, 9.17) is 4.42 Å². The first-order valence-corrected chi connectivity index (χ1v) is 11.5. The van der Waals surface area contributed by atoms with Crippen molar-refractivity contribution in [3.63, 3.8) is 0 Å². The van der Waals surface area contributed by atoms with Crippen LogP contribution in [0.25, 0.3) is 6.08 Å². The van der Waals surface area contributed by atoms with Gasteiger partial charge in [-0.3, -0.25) is 9.69 Å². The molecule has 0 unspecified atom stereocenters. The molecule has 156 valence electrons. The predicted molar refractivity (Wildman–Crippen MR) is 130 cm³/mol. The maximum absolute atomic E-state index is 13.0. The summed E-state index contributed by atoms with van der Waals surface area (Å²) in [7, 11) is 0. The molecule has 0 spiro atoms. The summed E-state index contributed by atoms with van der Waals surface area (Å²) in [6.07, 6.45) is 4.82. The summed E-state index contributed by atoms with van der Waals surface area (Å²) in [6.45, 7) is 0.243. The number of thioether (sulfide) groups is 1. The van der Waals surface area contributed by atoms with E-state index in [1.54, 1.807) is 30.5 Å². The van der Waals surface area contributed by atoms with Crippen LogP contribution in [0.2, 0.25) is 0 Å². The molecule has 2 heterocycles. The number of phenols is 1. The minimum Gasteiger partial charge on any atom is -0.506 e. The first-order valence-electron chi connectivity index (χ1n) is 9.09. The van der Waals surface area contributed by atoms with E-state index in [2.05, 4.69) is 42.1 Å². The summed E-state index contributed by atoms with van der Waals surface area (Å²) in [4.78, 5) is 15.1. The third kappa shape index (κ3) is 5.17. The summed E-state index contributed by atoms with van der Waals surface area (Å²) >= 11 is 7.91. The van der Waals surface area contributed by atoms with Crippen LogP contribution >= 0.6 is 43.6 Å². The number of phenolic OH excluding ortho intramolecular Hbond substituents is 1. The molecule has 0 saturated carbocycles. The zero-order valence-corrected chi connectivity index (χ0v) is 19.9. The number of amides is 1. The highest BCUT2D eigenvalue weighted by molar-refractivity contribution is 9.11. The first-order chi connectivity index (χ1) is 15.0. The topological polar surface area (TPSA) is 78.4 Å². The second-order valence-corrected chi connectivity index (χ2v) is 9.22. The van der Waals surface area contributed by atoms with Gasteiger partial charge in [-0.15, -0.1) is 5.10 Å². The van der Waals surface area contributed by atoms with E-state index in [9.17, 15) is 9.90 Å². The fourth-order valence-corrected chi connectivity index (χ4v) is 5.00. The minimum atomic E-state index is -0.174. The van der Waals surface area contributed by atoms with Crippen molar-refractivity contribution in [2.75, 3.05) is 0 Å². The van der Waals surface area contributed by atoms with Crippen molar-refractivity contribution in [3.8, 4) is 5.75 Å². The van der Waals surface area contributed by atoms with Gasteiger partial charge in [0.25, 0.3) is 5.91 Å². The van der Waals surface area contributed by atoms with Gasteiger partial charge in [0.1, 0.15) is 11.5 Å². The van der Waals surface area contributed by atoms with Crippen LogP contribution in [0, 0.1) is 0 Å². The van der Waals surface area contributed by atoms with Crippen molar-refractivity contribution >= 4 is 67.0 Å². The Morgan fingerprint density at radius 1 is 1.13 bits per heavy atom. The number of carbonyl (C=O) groups is 1. The van der Waals surface area contributed by atoms with Gasteiger partial charge in [-0.05, 0) is 63.6 Å². The van der Waals surface area contributed by atoms with Crippen LogP contribution in [0.5, 0.6) is 5.75 Å². The number of hydrogen-bond donors (Lipinski definition) is 1. The van der Waals surface area contributed by atoms with Crippen LogP contribution in [-0.4, -0.2) is 27.3 Å². The highest BCUT2D eigenvalue weighted by atomic mass is 79.9. The van der Waals surface area contributed by atoms with Crippen LogP contribution in [0.1, 0.15) is 16.9 Å². The van der Waals surface area contributed by atoms with Crippen molar-refractivity contribution in [1.82, 2.24) is 4.90 Å². The molecule has 1 aromatic heterocycles. The molecule has 0 atom stereocenters. The van der Waals surface area contributed by atoms with E-state index in [1.807, 2.05) is 36.4 Å². The summed E-state index contributed by atoms with van der Waals surface area (Å²) in [6, 6.07) is 16.6. The van der Waals surface area contributed by atoms with Gasteiger partial charge >= 0.3 is 0 Å². The van der Waals surface area contributed by atoms with E-state index >= 15 is 0 Å². The number of furan rings is 1. The SMILES string of the molecule is O=C1/C(=C/c2ccccc2)S/C(=N\N=C\c2cc(Br)cc(Br)c2O)N1Cc1ccco1. The van der Waals surface area contributed by atoms with E-state index in [1.165, 1.54) is 22.9 Å². The lowest BCUT2D eigenvalue weighted by Crippen LogP contribution is -2.28. The Morgan fingerprint density at radius 3 is 2.68 bits per heavy atom. The van der Waals surface area contributed by atoms with Gasteiger partial charge in [0, 0.05) is 10.0 Å². The van der Waals surface area contributed by atoms with Crippen LogP contribution < -0.4 is 0 Å². The summed E-state index contributed by atoms with van der Waals surface area (Å²) < 4.78 is 6.72. The zero-order chi connectivity index (χ0) is 21.8. The Hall–Kier alpha value is -2.62. The second-order valence-electron chi connectivity index (χ2n) is 6.44. The average molecular weight is 561 g/mol. The number of carbonyl (C=O) groups excluding carboxylic acids is 1. The summed E-state index contributed by atoms with van der Waals surface area (Å²) in [5.74, 6) is 0.520. The maximum atomic E-state index is 13.0. The summed E-state index contributed by atoms with van der Waals surface area (Å²) in [5.41, 5.74) is 1.41. The molecule has 0 aliphatic carbocycles. The van der Waals surface area contributed by atoms with Gasteiger partial charge in [-0.2, -0.15) is 5.10 Å². The molecule has 9 heteroatoms. The van der Waals surface area contributed by atoms with Gasteiger partial charge in [0.15, 0.2) is 5.17 Å². The minimum absolute atomic E-state index is 0.0550. The number of benzene rings is 2. The molecule has 2 aromatic carbocycles. The number of aromatic hydroxyl groups is 1. The summed E-state index contributed by atoms with van der Waals surface area (Å²) in [5, 5.41) is 19.0. The Labute approximate surface area is 199 Å². The van der Waals surface area contributed by atoms with E-state index in [0.29, 0.717) is 25.9 Å². The third-order valence-electron chi connectivity index (χ3n) is 4.28. The number of hydrogen-bond acceptors (Lipinski definition) is 6. The lowest BCUT2D eigenvalue weighted by molar-refractivity contribution is -0.122. The van der Waals surface area contributed by atoms with E-state index < -0.39 is 0 Å². The molecule has 4 rings (SSSR count). The lowest BCUT2D eigenvalue weighted by atomic mass is 10.2. The van der Waals surface area contributed by atoms with E-state index in [0.717, 1.165) is 10.0 Å². The van der Waals surface area contributed by atoms with Crippen LogP contribution in [0.4, 0.5) is 0 Å². The monoisotopic (exact) mass is 559 g/mol. The molecular formula is C22H15Br2N3O3S. The number of halogens is 2. The molecule has 3 aromatic rings. The molecule has 0 radical (unpaired) electrons. The molecule has 1 amide bonds. The van der Waals surface area contributed by atoms with Crippen LogP contribution in [-0.2, 0) is 11.3 Å². The van der Waals surface area contributed by atoms with Gasteiger partial charge in [0.05, 0.1) is 28.4 Å². The molecule has 0 bridgehead atoms. The van der Waals surface area contributed by atoms with Gasteiger partial charge in [-0.1, -0.05) is 46.3 Å². The van der Waals surface area contributed by atoms with Gasteiger partial charge in [0.2, 0.25) is 0 Å². The Kier molecular flexibility index (Phi) is 6.74. The molecule has 1 N–H and O–H groups in total. The molecule has 1 fully saturated rings. The zero-order valence-electron chi connectivity index (χ0n) is 15.9. The molecule has 31 heavy (non-hydrogen) atoms. The second kappa shape index (κ2) is 9.67. The Morgan fingerprint density at radius 2 is 1.94 bits per heavy atom. The number of amidine groups is 1. The highest BCUT2D eigenvalue weighted by Gasteiger charge is 2.34. The number of rotatable bonds is 5. The molecular weight excluding hydrogens is 546 g/mol. The van der Waals surface area contributed by atoms with Gasteiger partial charge in [-0.25, -0.2) is 0 Å². The first kappa shape index (κ1) is 21.6. The smallest absolute Gasteiger partial charge is 0.267 e. The quantitative estimate of drug-likeness (QED) is 0.235. The van der Waals surface area contributed by atoms with Crippen molar-refractivity contribution in [3.05, 3.63) is 91.6 Å². The fraction of sp³-hybridized carbons (Fsp3) is 0.0455.